The summed E-state index contributed by atoms with van der Waals surface area (Å²) in [5.74, 6) is -0.105. The number of aryl methyl sites for hydroxylation is 1. The van der Waals surface area contributed by atoms with Gasteiger partial charge >= 0.3 is 6.03 Å². The minimum atomic E-state index is -1.13. The summed E-state index contributed by atoms with van der Waals surface area (Å²) in [6.07, 6.45) is 5.66. The number of nitrogens with one attached hydrogen (secondary N) is 2. The monoisotopic (exact) mass is 457 g/mol. The van der Waals surface area contributed by atoms with Crippen LogP contribution in [0.4, 0.5) is 4.79 Å². The number of amides is 4. The van der Waals surface area contributed by atoms with Crippen LogP contribution in [0.25, 0.3) is 5.69 Å². The van der Waals surface area contributed by atoms with Crippen molar-refractivity contribution in [2.75, 3.05) is 13.1 Å². The zero-order valence-corrected chi connectivity index (χ0v) is 19.2. The van der Waals surface area contributed by atoms with Crippen molar-refractivity contribution in [2.45, 2.75) is 38.1 Å². The molecule has 4 amide bonds. The molecule has 1 aromatic heterocycles. The van der Waals surface area contributed by atoms with Crippen LogP contribution in [0.15, 0.2) is 61.1 Å². The van der Waals surface area contributed by atoms with Crippen molar-refractivity contribution >= 4 is 17.8 Å². The van der Waals surface area contributed by atoms with Crippen molar-refractivity contribution in [3.63, 3.8) is 0 Å². The van der Waals surface area contributed by atoms with Gasteiger partial charge in [-0.25, -0.2) is 9.78 Å². The van der Waals surface area contributed by atoms with Crippen molar-refractivity contribution in [1.82, 2.24) is 25.1 Å². The Morgan fingerprint density at radius 3 is 2.32 bits per heavy atom. The number of hydrogen-bond donors (Lipinski definition) is 2. The maximum absolute atomic E-state index is 13.0. The van der Waals surface area contributed by atoms with Crippen LogP contribution in [-0.2, 0) is 10.3 Å². The van der Waals surface area contributed by atoms with Crippen LogP contribution in [0.1, 0.15) is 52.9 Å². The molecular formula is C26H27N5O3. The second kappa shape index (κ2) is 8.44. The molecule has 0 radical (unpaired) electrons. The first-order chi connectivity index (χ1) is 16.3. The lowest BCUT2D eigenvalue weighted by molar-refractivity contribution is -0.123. The standard InChI is InChI=1S/C26H27N5O3/c1-17-3-9-21(10-4-17)31-15-22(27-16-31)18-11-13-30(14-12-18)23(32)19-5-7-20(8-6-19)26(2)24(33)28-25(34)29-26/h3-10,15-16,18H,11-14H2,1-2H3,(H2,28,29,33,34). The van der Waals surface area contributed by atoms with Crippen LogP contribution >= 0.6 is 0 Å². The van der Waals surface area contributed by atoms with Gasteiger partial charge in [0.25, 0.3) is 11.8 Å². The van der Waals surface area contributed by atoms with Crippen LogP contribution in [0.2, 0.25) is 0 Å². The second-order valence-electron chi connectivity index (χ2n) is 9.22. The SMILES string of the molecule is Cc1ccc(-n2cnc(C3CCN(C(=O)c4ccc(C5(C)NC(=O)NC5=O)cc4)CC3)c2)cc1. The van der Waals surface area contributed by atoms with E-state index < -0.39 is 17.5 Å². The minimum Gasteiger partial charge on any atom is -0.339 e. The number of nitrogens with zero attached hydrogens (tertiary/aromatic N) is 3. The molecular weight excluding hydrogens is 430 g/mol. The Morgan fingerprint density at radius 2 is 1.71 bits per heavy atom. The van der Waals surface area contributed by atoms with E-state index in [1.807, 2.05) is 15.8 Å². The van der Waals surface area contributed by atoms with E-state index in [9.17, 15) is 14.4 Å². The highest BCUT2D eigenvalue weighted by atomic mass is 16.2. The molecule has 1 unspecified atom stereocenters. The maximum atomic E-state index is 13.0. The maximum Gasteiger partial charge on any atom is 0.322 e. The van der Waals surface area contributed by atoms with Gasteiger partial charge in [0.05, 0.1) is 12.0 Å². The number of imide groups is 1. The van der Waals surface area contributed by atoms with E-state index in [-0.39, 0.29) is 5.91 Å². The third kappa shape index (κ3) is 3.96. The van der Waals surface area contributed by atoms with E-state index in [2.05, 4.69) is 53.0 Å². The van der Waals surface area contributed by atoms with Crippen LogP contribution in [0, 0.1) is 6.92 Å². The van der Waals surface area contributed by atoms with Gasteiger partial charge in [-0.2, -0.15) is 0 Å². The molecule has 1 atom stereocenters. The van der Waals surface area contributed by atoms with Crippen molar-refractivity contribution in [3.8, 4) is 5.69 Å². The average molecular weight is 458 g/mol. The van der Waals surface area contributed by atoms with Crippen LogP contribution in [0.3, 0.4) is 0 Å². The Labute approximate surface area is 198 Å². The van der Waals surface area contributed by atoms with Crippen molar-refractivity contribution < 1.29 is 14.4 Å². The second-order valence-corrected chi connectivity index (χ2v) is 9.22. The summed E-state index contributed by atoms with van der Waals surface area (Å²) >= 11 is 0. The van der Waals surface area contributed by atoms with Crippen LogP contribution in [0.5, 0.6) is 0 Å². The van der Waals surface area contributed by atoms with Gasteiger partial charge < -0.3 is 14.8 Å². The quantitative estimate of drug-likeness (QED) is 0.588. The Morgan fingerprint density at radius 1 is 1.03 bits per heavy atom. The number of carbonyl (C=O) groups is 3. The molecule has 0 saturated carbocycles. The molecule has 174 valence electrons. The number of aromatic nitrogens is 2. The van der Waals surface area contributed by atoms with Crippen molar-refractivity contribution in [2.24, 2.45) is 0 Å². The Balaban J connectivity index is 1.21. The molecule has 2 fully saturated rings. The van der Waals surface area contributed by atoms with E-state index >= 15 is 0 Å². The smallest absolute Gasteiger partial charge is 0.322 e. The van der Waals surface area contributed by atoms with Gasteiger partial charge in [0.1, 0.15) is 5.54 Å². The van der Waals surface area contributed by atoms with Gasteiger partial charge in [-0.05, 0) is 56.5 Å². The van der Waals surface area contributed by atoms with Gasteiger partial charge in [-0.3, -0.25) is 14.9 Å². The lowest BCUT2D eigenvalue weighted by Crippen LogP contribution is -2.40. The minimum absolute atomic E-state index is 0.0275. The molecule has 0 aliphatic carbocycles. The number of piperidine rings is 1. The number of likely N-dealkylation sites (tertiary alicyclic amines) is 1. The molecule has 8 nitrogen and oxygen atoms in total. The third-order valence-corrected chi connectivity index (χ3v) is 6.89. The summed E-state index contributed by atoms with van der Waals surface area (Å²) in [7, 11) is 0. The number of hydrogen-bond acceptors (Lipinski definition) is 4. The molecule has 2 saturated heterocycles. The largest absolute Gasteiger partial charge is 0.339 e. The molecule has 2 aromatic carbocycles. The third-order valence-electron chi connectivity index (χ3n) is 6.89. The number of imidazole rings is 1. The molecule has 2 aliphatic rings. The lowest BCUT2D eigenvalue weighted by Gasteiger charge is -2.31. The van der Waals surface area contributed by atoms with Gasteiger partial charge in [0, 0.05) is 36.5 Å². The van der Waals surface area contributed by atoms with Crippen LogP contribution in [-0.4, -0.2) is 45.4 Å². The normalized spacial score (nSPS) is 20.8. The first kappa shape index (κ1) is 21.9. The molecule has 2 aliphatic heterocycles. The molecule has 5 rings (SSSR count). The van der Waals surface area contributed by atoms with Crippen LogP contribution < -0.4 is 10.6 Å². The number of rotatable bonds is 4. The topological polar surface area (TPSA) is 96.3 Å². The molecule has 2 N–H and O–H groups in total. The summed E-state index contributed by atoms with van der Waals surface area (Å²) in [5, 5.41) is 4.90. The Bertz CT molecular complexity index is 1240. The van der Waals surface area contributed by atoms with Gasteiger partial charge in [-0.1, -0.05) is 29.8 Å². The molecule has 34 heavy (non-hydrogen) atoms. The van der Waals surface area contributed by atoms with E-state index in [4.69, 9.17) is 0 Å². The first-order valence-corrected chi connectivity index (χ1v) is 11.5. The predicted molar refractivity (Wildman–Crippen MR) is 127 cm³/mol. The van der Waals surface area contributed by atoms with E-state index in [0.29, 0.717) is 30.1 Å². The first-order valence-electron chi connectivity index (χ1n) is 11.5. The summed E-state index contributed by atoms with van der Waals surface area (Å²) in [6.45, 7) is 5.05. The molecule has 3 aromatic rings. The summed E-state index contributed by atoms with van der Waals surface area (Å²) in [6, 6.07) is 14.7. The average Bonchev–Trinajstić information content (AvgIpc) is 3.44. The Hall–Kier alpha value is -3.94. The van der Waals surface area contributed by atoms with E-state index in [0.717, 1.165) is 24.2 Å². The molecule has 8 heteroatoms. The van der Waals surface area contributed by atoms with E-state index in [1.54, 1.807) is 31.2 Å². The van der Waals surface area contributed by atoms with E-state index in [1.165, 1.54) is 5.56 Å². The van der Waals surface area contributed by atoms with Gasteiger partial charge in [-0.15, -0.1) is 0 Å². The highest BCUT2D eigenvalue weighted by Gasteiger charge is 2.43. The zero-order valence-electron chi connectivity index (χ0n) is 19.2. The number of urea groups is 1. The van der Waals surface area contributed by atoms with Crippen molar-refractivity contribution in [1.29, 1.82) is 0 Å². The summed E-state index contributed by atoms with van der Waals surface area (Å²) in [5.41, 5.74) is 3.44. The van der Waals surface area contributed by atoms with Crippen molar-refractivity contribution in [3.05, 3.63) is 83.4 Å². The zero-order chi connectivity index (χ0) is 23.9. The fraction of sp³-hybridized carbons (Fsp3) is 0.308. The fourth-order valence-electron chi connectivity index (χ4n) is 4.66. The molecule has 0 spiro atoms. The van der Waals surface area contributed by atoms with Gasteiger partial charge in [0.2, 0.25) is 0 Å². The lowest BCUT2D eigenvalue weighted by atomic mass is 9.91. The molecule has 3 heterocycles. The summed E-state index contributed by atoms with van der Waals surface area (Å²) < 4.78 is 2.04. The highest BCUT2D eigenvalue weighted by molar-refractivity contribution is 6.07. The highest BCUT2D eigenvalue weighted by Crippen LogP contribution is 2.29. The fourth-order valence-corrected chi connectivity index (χ4v) is 4.66. The molecule has 0 bridgehead atoms. The predicted octanol–water partition coefficient (Wildman–Crippen LogP) is 3.26. The summed E-state index contributed by atoms with van der Waals surface area (Å²) in [4.78, 5) is 43.2. The Kier molecular flexibility index (Phi) is 5.43. The number of carbonyl (C=O) groups excluding carboxylic acids is 3. The number of benzene rings is 2. The van der Waals surface area contributed by atoms with Gasteiger partial charge in [0.15, 0.2) is 0 Å².